The van der Waals surface area contributed by atoms with Crippen LogP contribution >= 0.6 is 23.1 Å². The number of halogens is 1. The first-order chi connectivity index (χ1) is 7.18. The van der Waals surface area contributed by atoms with E-state index >= 15 is 0 Å². The molecule has 0 bridgehead atoms. The predicted octanol–water partition coefficient (Wildman–Crippen LogP) is 3.16. The molecule has 0 spiro atoms. The van der Waals surface area contributed by atoms with Gasteiger partial charge in [-0.25, -0.2) is 4.79 Å². The highest BCUT2D eigenvalue weighted by Crippen LogP contribution is 2.28. The summed E-state index contributed by atoms with van der Waals surface area (Å²) >= 11 is 6.92. The number of carbonyl (C=O) groups is 1. The summed E-state index contributed by atoms with van der Waals surface area (Å²) in [4.78, 5) is 10.9. The van der Waals surface area contributed by atoms with Crippen LogP contribution in [0.4, 0.5) is 0 Å². The monoisotopic (exact) mass is 239 g/mol. The molecule has 15 heavy (non-hydrogen) atoms. The topological polar surface area (TPSA) is 50.2 Å². The van der Waals surface area contributed by atoms with Gasteiger partial charge in [0.05, 0.1) is 5.69 Å². The van der Waals surface area contributed by atoms with Crippen molar-refractivity contribution >= 4 is 29.1 Å². The number of aromatic carboxylic acids is 1. The number of hydrogen-bond acceptors (Lipinski definition) is 3. The van der Waals surface area contributed by atoms with Crippen LogP contribution in [0.1, 0.15) is 9.67 Å². The maximum Gasteiger partial charge on any atom is 0.347 e. The number of hydrogen-bond donors (Lipinski definition) is 1. The molecule has 0 aliphatic carbocycles. The van der Waals surface area contributed by atoms with Gasteiger partial charge < -0.3 is 5.11 Å². The normalized spacial score (nSPS) is 10.2. The third-order valence-corrected chi connectivity index (χ3v) is 2.98. The highest BCUT2D eigenvalue weighted by Gasteiger charge is 2.11. The van der Waals surface area contributed by atoms with E-state index in [9.17, 15) is 4.79 Å². The van der Waals surface area contributed by atoms with Crippen LogP contribution < -0.4 is 0 Å². The number of carboxylic acid groups (broad SMARTS) is 1. The van der Waals surface area contributed by atoms with Crippen molar-refractivity contribution in [1.82, 2.24) is 4.37 Å². The first kappa shape index (κ1) is 10.1. The largest absolute Gasteiger partial charge is 0.477 e. The Morgan fingerprint density at radius 2 is 2.13 bits per heavy atom. The van der Waals surface area contributed by atoms with E-state index in [0.717, 1.165) is 17.1 Å². The Labute approximate surface area is 95.1 Å². The number of nitrogens with zero attached hydrogens (tertiary/aromatic N) is 1. The van der Waals surface area contributed by atoms with Crippen LogP contribution in [0, 0.1) is 0 Å². The molecule has 2 aromatic rings. The molecule has 3 nitrogen and oxygen atoms in total. The molecule has 1 aromatic heterocycles. The fourth-order valence-electron chi connectivity index (χ4n) is 1.17. The molecule has 0 atom stereocenters. The standard InChI is InChI=1S/C10H6ClNO2S/c11-7-4-2-1-3-6(7)8-5-9(10(13)14)15-12-8/h1-5H,(H,13,14). The summed E-state index contributed by atoms with van der Waals surface area (Å²) in [6.07, 6.45) is 0. The third kappa shape index (κ3) is 2.00. The van der Waals surface area contributed by atoms with E-state index in [-0.39, 0.29) is 4.88 Å². The van der Waals surface area contributed by atoms with E-state index in [1.54, 1.807) is 6.07 Å². The van der Waals surface area contributed by atoms with Crippen molar-refractivity contribution in [3.63, 3.8) is 0 Å². The maximum absolute atomic E-state index is 10.7. The SMILES string of the molecule is O=C(O)c1cc(-c2ccccc2Cl)ns1. The molecule has 1 N–H and O–H groups in total. The molecule has 0 unspecified atom stereocenters. The number of aromatic nitrogens is 1. The second-order valence-corrected chi connectivity index (χ2v) is 4.07. The van der Waals surface area contributed by atoms with Gasteiger partial charge in [0.25, 0.3) is 0 Å². The van der Waals surface area contributed by atoms with Crippen LogP contribution in [0.5, 0.6) is 0 Å². The highest BCUT2D eigenvalue weighted by atomic mass is 35.5. The van der Waals surface area contributed by atoms with Crippen molar-refractivity contribution in [3.8, 4) is 11.3 Å². The Kier molecular flexibility index (Phi) is 2.70. The zero-order chi connectivity index (χ0) is 10.8. The number of benzene rings is 1. The van der Waals surface area contributed by atoms with E-state index in [1.165, 1.54) is 6.07 Å². The van der Waals surface area contributed by atoms with E-state index in [1.807, 2.05) is 18.2 Å². The van der Waals surface area contributed by atoms with E-state index in [4.69, 9.17) is 16.7 Å². The molecule has 0 aliphatic rings. The van der Waals surface area contributed by atoms with Crippen LogP contribution in [-0.4, -0.2) is 15.4 Å². The molecule has 1 aromatic carbocycles. The average Bonchev–Trinajstić information content (AvgIpc) is 2.67. The van der Waals surface area contributed by atoms with Gasteiger partial charge in [0.15, 0.2) is 0 Å². The molecule has 0 fully saturated rings. The highest BCUT2D eigenvalue weighted by molar-refractivity contribution is 7.08. The number of rotatable bonds is 2. The van der Waals surface area contributed by atoms with Gasteiger partial charge in [0, 0.05) is 10.6 Å². The molecule has 5 heteroatoms. The summed E-state index contributed by atoms with van der Waals surface area (Å²) in [6, 6.07) is 8.73. The van der Waals surface area contributed by atoms with E-state index in [0.29, 0.717) is 10.7 Å². The van der Waals surface area contributed by atoms with Crippen molar-refractivity contribution in [2.24, 2.45) is 0 Å². The lowest BCUT2D eigenvalue weighted by molar-refractivity contribution is 0.0702. The fourth-order valence-corrected chi connectivity index (χ4v) is 1.99. The number of carboxylic acids is 1. The Morgan fingerprint density at radius 3 is 2.73 bits per heavy atom. The van der Waals surface area contributed by atoms with Gasteiger partial charge in [-0.3, -0.25) is 0 Å². The molecular formula is C10H6ClNO2S. The average molecular weight is 240 g/mol. The quantitative estimate of drug-likeness (QED) is 0.876. The summed E-state index contributed by atoms with van der Waals surface area (Å²) in [7, 11) is 0. The van der Waals surface area contributed by atoms with Crippen LogP contribution in [0.3, 0.4) is 0 Å². The zero-order valence-electron chi connectivity index (χ0n) is 7.48. The zero-order valence-corrected chi connectivity index (χ0v) is 9.05. The first-order valence-electron chi connectivity index (χ1n) is 4.13. The summed E-state index contributed by atoms with van der Waals surface area (Å²) in [6.45, 7) is 0. The van der Waals surface area contributed by atoms with Gasteiger partial charge >= 0.3 is 5.97 Å². The smallest absolute Gasteiger partial charge is 0.347 e. The summed E-state index contributed by atoms with van der Waals surface area (Å²) < 4.78 is 4.04. The van der Waals surface area contributed by atoms with Gasteiger partial charge in [-0.05, 0) is 23.7 Å². The van der Waals surface area contributed by atoms with Gasteiger partial charge in [-0.1, -0.05) is 29.8 Å². The molecule has 0 amide bonds. The summed E-state index contributed by atoms with van der Waals surface area (Å²) in [5.41, 5.74) is 1.35. The van der Waals surface area contributed by atoms with Crippen molar-refractivity contribution in [2.75, 3.05) is 0 Å². The molecule has 2 rings (SSSR count). The second kappa shape index (κ2) is 4.00. The van der Waals surface area contributed by atoms with Crippen molar-refractivity contribution in [2.45, 2.75) is 0 Å². The third-order valence-electron chi connectivity index (χ3n) is 1.87. The lowest BCUT2D eigenvalue weighted by Gasteiger charge is -1.97. The minimum Gasteiger partial charge on any atom is -0.477 e. The van der Waals surface area contributed by atoms with Crippen molar-refractivity contribution in [3.05, 3.63) is 40.2 Å². The van der Waals surface area contributed by atoms with Gasteiger partial charge in [-0.15, -0.1) is 0 Å². The minimum absolute atomic E-state index is 0.213. The van der Waals surface area contributed by atoms with Gasteiger partial charge in [-0.2, -0.15) is 4.37 Å². The molecule has 0 aliphatic heterocycles. The Bertz CT molecular complexity index is 510. The Balaban J connectivity index is 2.46. The van der Waals surface area contributed by atoms with E-state index < -0.39 is 5.97 Å². The Morgan fingerprint density at radius 1 is 1.40 bits per heavy atom. The molecule has 1 heterocycles. The lowest BCUT2D eigenvalue weighted by Crippen LogP contribution is -1.89. The minimum atomic E-state index is -0.967. The summed E-state index contributed by atoms with van der Waals surface area (Å²) in [5, 5.41) is 9.32. The van der Waals surface area contributed by atoms with Gasteiger partial charge in [0.1, 0.15) is 4.88 Å². The van der Waals surface area contributed by atoms with E-state index in [2.05, 4.69) is 4.37 Å². The Hall–Kier alpha value is -1.39. The van der Waals surface area contributed by atoms with Crippen LogP contribution in [0.25, 0.3) is 11.3 Å². The van der Waals surface area contributed by atoms with Crippen molar-refractivity contribution in [1.29, 1.82) is 0 Å². The second-order valence-electron chi connectivity index (χ2n) is 2.86. The molecular weight excluding hydrogens is 234 g/mol. The van der Waals surface area contributed by atoms with Crippen LogP contribution in [0.15, 0.2) is 30.3 Å². The summed E-state index contributed by atoms with van der Waals surface area (Å²) in [5.74, 6) is -0.967. The fraction of sp³-hybridized carbons (Fsp3) is 0. The molecule has 0 saturated carbocycles. The van der Waals surface area contributed by atoms with Crippen LogP contribution in [0.2, 0.25) is 5.02 Å². The molecule has 0 saturated heterocycles. The molecule has 76 valence electrons. The predicted molar refractivity (Wildman–Crippen MR) is 59.5 cm³/mol. The maximum atomic E-state index is 10.7. The van der Waals surface area contributed by atoms with Crippen molar-refractivity contribution < 1.29 is 9.90 Å². The van der Waals surface area contributed by atoms with Gasteiger partial charge in [0.2, 0.25) is 0 Å². The lowest BCUT2D eigenvalue weighted by atomic mass is 10.1. The molecule has 0 radical (unpaired) electrons. The first-order valence-corrected chi connectivity index (χ1v) is 5.28. The van der Waals surface area contributed by atoms with Crippen LogP contribution in [-0.2, 0) is 0 Å².